The minimum absolute atomic E-state index is 0.000694. The Labute approximate surface area is 543 Å². The molecule has 0 aliphatic rings. The van der Waals surface area contributed by atoms with E-state index in [9.17, 15) is 34.5 Å². The summed E-state index contributed by atoms with van der Waals surface area (Å²) in [5, 5.41) is 32.8. The minimum Gasteiger partial charge on any atom is -0.507 e. The number of benzene rings is 3. The molecule has 0 radical (unpaired) electrons. The Bertz CT molecular complexity index is 2550. The van der Waals surface area contributed by atoms with E-state index in [2.05, 4.69) is 95.2 Å². The number of esters is 3. The first-order valence-corrected chi connectivity index (χ1v) is 32.9. The van der Waals surface area contributed by atoms with E-state index in [4.69, 9.17) is 18.9 Å². The Morgan fingerprint density at radius 1 is 0.461 bits per heavy atom. The van der Waals surface area contributed by atoms with E-state index in [1.807, 2.05) is 147 Å². The van der Waals surface area contributed by atoms with Gasteiger partial charge in [-0.25, -0.2) is 0 Å². The number of rotatable bonds is 23. The molecule has 89 heavy (non-hydrogen) atoms. The number of hydrogen-bond acceptors (Lipinski definition) is 11. The molecule has 0 bridgehead atoms. The molecule has 0 heterocycles. The fourth-order valence-electron chi connectivity index (χ4n) is 9.61. The summed E-state index contributed by atoms with van der Waals surface area (Å²) in [6.07, 6.45) is 10.4. The van der Waals surface area contributed by atoms with Gasteiger partial charge in [-0.2, -0.15) is 0 Å². The molecule has 0 saturated heterocycles. The average molecular weight is 1240 g/mol. The van der Waals surface area contributed by atoms with Crippen LogP contribution in [0.2, 0.25) is 0 Å². The summed E-state index contributed by atoms with van der Waals surface area (Å²) < 4.78 is 23.0. The van der Waals surface area contributed by atoms with Crippen molar-refractivity contribution in [3.8, 4) is 17.2 Å². The zero-order chi connectivity index (χ0) is 69.5. The van der Waals surface area contributed by atoms with Gasteiger partial charge in [0.2, 0.25) is 0 Å². The molecule has 3 aromatic carbocycles. The van der Waals surface area contributed by atoms with E-state index >= 15 is 0 Å². The number of carbonyl (C=O) groups is 4. The Hall–Kier alpha value is -5.42. The Kier molecular flexibility index (Phi) is 33.8. The summed E-state index contributed by atoms with van der Waals surface area (Å²) in [6.45, 7) is 58.1. The van der Waals surface area contributed by atoms with Gasteiger partial charge in [-0.3, -0.25) is 14.4 Å². The molecule has 3 rings (SSSR count). The van der Waals surface area contributed by atoms with E-state index in [-0.39, 0.29) is 89.7 Å². The number of hydrogen-bond donors (Lipinski definition) is 3. The molecule has 0 atom stereocenters. The molecule has 0 spiro atoms. The average Bonchev–Trinajstić information content (AvgIpc) is 0.926. The largest absolute Gasteiger partial charge is 0.507 e. The lowest BCUT2D eigenvalue weighted by Gasteiger charge is -2.31. The van der Waals surface area contributed by atoms with Crippen molar-refractivity contribution in [3.05, 3.63) is 110 Å². The highest BCUT2D eigenvalue weighted by molar-refractivity contribution is 5.71. The lowest BCUT2D eigenvalue weighted by atomic mass is 9.78. The molecule has 506 valence electrons. The maximum absolute atomic E-state index is 13.3. The third-order valence-electron chi connectivity index (χ3n) is 15.6. The third-order valence-corrected chi connectivity index (χ3v) is 15.6. The molecule has 11 heteroatoms. The van der Waals surface area contributed by atoms with Crippen LogP contribution in [0.1, 0.15) is 289 Å². The Morgan fingerprint density at radius 3 is 1.00 bits per heavy atom. The van der Waals surface area contributed by atoms with Crippen LogP contribution in [0.25, 0.3) is 0 Å². The Balaban J connectivity index is 0.00000196. The number of aromatic hydroxyl groups is 3. The van der Waals surface area contributed by atoms with Crippen molar-refractivity contribution < 1.29 is 53.4 Å². The summed E-state index contributed by atoms with van der Waals surface area (Å²) in [5.41, 5.74) is 8.47. The molecule has 11 nitrogen and oxygen atoms in total. The molecule has 0 fully saturated rings. The predicted octanol–water partition coefficient (Wildman–Crippen LogP) is 19.4. The van der Waals surface area contributed by atoms with Gasteiger partial charge in [0.25, 0.3) is 0 Å². The number of phenolic OH excluding ortho intramolecular Hbond substituents is 3. The highest BCUT2D eigenvalue weighted by atomic mass is 16.6. The lowest BCUT2D eigenvalue weighted by Crippen LogP contribution is -2.43. The van der Waals surface area contributed by atoms with Gasteiger partial charge in [0.15, 0.2) is 0 Å². The summed E-state index contributed by atoms with van der Waals surface area (Å²) in [6, 6.07) is 11.9. The van der Waals surface area contributed by atoms with Crippen molar-refractivity contribution in [2.45, 2.75) is 291 Å². The second kappa shape index (κ2) is 36.0. The van der Waals surface area contributed by atoms with E-state index in [1.54, 1.807) is 0 Å². The maximum Gasteiger partial charge on any atom is 0.306 e. The van der Waals surface area contributed by atoms with Gasteiger partial charge in [0, 0.05) is 32.8 Å². The van der Waals surface area contributed by atoms with Crippen LogP contribution in [0, 0.1) is 16.7 Å². The zero-order valence-corrected chi connectivity index (χ0v) is 61.8. The van der Waals surface area contributed by atoms with Crippen LogP contribution in [0.4, 0.5) is 0 Å². The second-order valence-corrected chi connectivity index (χ2v) is 32.0. The van der Waals surface area contributed by atoms with Crippen LogP contribution in [0.5, 0.6) is 17.2 Å². The van der Waals surface area contributed by atoms with Crippen molar-refractivity contribution in [1.29, 1.82) is 0 Å². The first-order chi connectivity index (χ1) is 40.5. The number of carbonyl (C=O) groups excluding carboxylic acids is 4. The second-order valence-electron chi connectivity index (χ2n) is 32.0. The number of methoxy groups -OCH3 is 1. The molecular weight excluding hydrogens is 1110 g/mol. The predicted molar refractivity (Wildman–Crippen MR) is 372 cm³/mol. The number of aldehydes is 1. The van der Waals surface area contributed by atoms with Crippen LogP contribution in [-0.4, -0.2) is 73.1 Å². The van der Waals surface area contributed by atoms with Crippen LogP contribution in [0.15, 0.2) is 59.7 Å². The van der Waals surface area contributed by atoms with Crippen molar-refractivity contribution in [2.75, 3.05) is 33.5 Å². The topological polar surface area (TPSA) is 166 Å². The number of aryl methyl sites for hydroxylation is 3. The molecule has 0 amide bonds. The number of phenols is 3. The molecule has 0 aliphatic heterocycles. The lowest BCUT2D eigenvalue weighted by molar-refractivity contribution is -0.166. The van der Waals surface area contributed by atoms with Gasteiger partial charge in [0.1, 0.15) is 43.4 Å². The summed E-state index contributed by atoms with van der Waals surface area (Å²) in [4.78, 5) is 50.1. The van der Waals surface area contributed by atoms with Crippen molar-refractivity contribution >= 4 is 24.2 Å². The summed E-state index contributed by atoms with van der Waals surface area (Å²) >= 11 is 0. The molecule has 0 aliphatic carbocycles. The molecule has 0 saturated carbocycles. The zero-order valence-electron chi connectivity index (χ0n) is 61.8. The highest BCUT2D eigenvalue weighted by Gasteiger charge is 2.37. The minimum atomic E-state index is -1.15. The molecule has 3 N–H and O–H groups in total. The van der Waals surface area contributed by atoms with E-state index in [0.717, 1.165) is 80.7 Å². The van der Waals surface area contributed by atoms with Gasteiger partial charge in [0.05, 0.1) is 12.0 Å². The van der Waals surface area contributed by atoms with E-state index in [1.165, 1.54) is 19.1 Å². The van der Waals surface area contributed by atoms with Gasteiger partial charge < -0.3 is 39.1 Å². The fourth-order valence-corrected chi connectivity index (χ4v) is 9.61. The molecule has 0 aromatic heterocycles. The van der Waals surface area contributed by atoms with E-state index < -0.39 is 23.3 Å². The van der Waals surface area contributed by atoms with Gasteiger partial charge in [-0.15, -0.1) is 0 Å². The van der Waals surface area contributed by atoms with E-state index in [0.29, 0.717) is 36.8 Å². The quantitative estimate of drug-likeness (QED) is 0.0358. The smallest absolute Gasteiger partial charge is 0.306 e. The number of ether oxygens (including phenoxy) is 4. The SMILES string of the molecule is C/C(=C\CC(C)C)C(C)(C)C.CC.CC(C)(C)c1cc(CCC=O)cc(C(C)(C)C)c1O.CC/C=C(\C)CCC(=O)OCC(COC)(COC(=O)CCc1cc(C(C)(C)C)c(O)c(C(C)(C)C)c1)COC(=O)CCc1cc(C(C)(C)C)c(O)c(C(C)(C)C)c1. The van der Waals surface area contributed by atoms with Gasteiger partial charge in [-0.05, 0) is 146 Å². The van der Waals surface area contributed by atoms with Gasteiger partial charge in [-0.1, -0.05) is 240 Å². The standard InChI is InChI=1S/C48H74O9.C17H26O2.C11H22.C2H6/c1-16-17-32(2)18-21-39(49)55-29-48(28-54-15,30-56-40(50)22-19-33-24-35(44(3,4)5)42(52)36(25-33)45(6,7)8)31-57-41(51)23-20-34-26-37(46(9,10)11)43(53)38(27-34)47(12,13)14;1-16(2,3)13-10-12(8-7-9-18)11-14(15(13)19)17(4,5)6;1-9(2)7-8-10(3)11(4,5)6;1-2/h17,24-27,52-53H,16,18-23,28-31H2,1-15H3;9-11,19H,7-8H2,1-6H3;8-9H,7H2,1-6H3;1-2H3/b32-17+;;10-8+;. The van der Waals surface area contributed by atoms with Crippen molar-refractivity contribution in [2.24, 2.45) is 16.7 Å². The van der Waals surface area contributed by atoms with Crippen LogP contribution >= 0.6 is 0 Å². The van der Waals surface area contributed by atoms with Crippen LogP contribution in [-0.2, 0) is 89.9 Å². The van der Waals surface area contributed by atoms with Gasteiger partial charge >= 0.3 is 17.9 Å². The maximum atomic E-state index is 13.3. The Morgan fingerprint density at radius 2 is 0.753 bits per heavy atom. The summed E-state index contributed by atoms with van der Waals surface area (Å²) in [5.74, 6) is 0.394. The van der Waals surface area contributed by atoms with Crippen LogP contribution in [0.3, 0.4) is 0 Å². The molecule has 3 aromatic rings. The monoisotopic (exact) mass is 1240 g/mol. The molecular formula is C78H128O11. The molecule has 0 unspecified atom stereocenters. The fraction of sp³-hybridized carbons (Fsp3) is 0.667. The first kappa shape index (κ1) is 83.6. The third kappa shape index (κ3) is 30.1. The van der Waals surface area contributed by atoms with Crippen molar-refractivity contribution in [3.63, 3.8) is 0 Å². The normalized spacial score (nSPS) is 12.9. The van der Waals surface area contributed by atoms with Crippen LogP contribution < -0.4 is 0 Å². The van der Waals surface area contributed by atoms with Crippen molar-refractivity contribution in [1.82, 2.24) is 0 Å². The highest BCUT2D eigenvalue weighted by Crippen LogP contribution is 2.43. The number of allylic oxidation sites excluding steroid dienone is 4. The summed E-state index contributed by atoms with van der Waals surface area (Å²) in [7, 11) is 1.49. The first-order valence-electron chi connectivity index (χ1n) is 32.9.